The van der Waals surface area contributed by atoms with Crippen LogP contribution in [0.5, 0.6) is 5.75 Å². The molecule has 3 amide bonds. The first-order chi connectivity index (χ1) is 15.2. The molecule has 1 aliphatic rings. The van der Waals surface area contributed by atoms with Crippen LogP contribution in [0, 0.1) is 5.82 Å². The van der Waals surface area contributed by atoms with E-state index >= 15 is 0 Å². The number of ether oxygens (including phenoxy) is 1. The summed E-state index contributed by atoms with van der Waals surface area (Å²) in [6.45, 7) is -0.451. The Balaban J connectivity index is 1.54. The van der Waals surface area contributed by atoms with Crippen LogP contribution in [0.1, 0.15) is 12.8 Å². The number of nitrogens with one attached hydrogen (secondary N) is 2. The van der Waals surface area contributed by atoms with Crippen LogP contribution in [0.4, 0.5) is 14.9 Å². The first-order valence-electron chi connectivity index (χ1n) is 9.66. The highest BCUT2D eigenvalue weighted by Crippen LogP contribution is 2.22. The lowest BCUT2D eigenvalue weighted by molar-refractivity contribution is -0.125. The number of rotatable bonds is 6. The zero-order chi connectivity index (χ0) is 23.3. The average Bonchev–Trinajstić information content (AvgIpc) is 2.74. The predicted octanol–water partition coefficient (Wildman–Crippen LogP) is 3.78. The Morgan fingerprint density at radius 2 is 1.94 bits per heavy atom. The van der Waals surface area contributed by atoms with Crippen molar-refractivity contribution in [1.29, 1.82) is 0 Å². The fourth-order valence-corrected chi connectivity index (χ4v) is 3.66. The van der Waals surface area contributed by atoms with Crippen LogP contribution in [-0.2, 0) is 9.59 Å². The summed E-state index contributed by atoms with van der Waals surface area (Å²) in [5, 5.41) is 15.3. The van der Waals surface area contributed by atoms with Crippen molar-refractivity contribution in [3.63, 3.8) is 0 Å². The molecule has 2 aromatic rings. The Morgan fingerprint density at radius 3 is 2.62 bits per heavy atom. The Hall–Kier alpha value is -3.04. The van der Waals surface area contributed by atoms with Crippen molar-refractivity contribution in [3.05, 3.63) is 58.3 Å². The Labute approximate surface area is 193 Å². The van der Waals surface area contributed by atoms with Crippen LogP contribution in [-0.4, -0.2) is 53.1 Å². The lowest BCUT2D eigenvalue weighted by atomic mass is 9.97. The van der Waals surface area contributed by atoms with E-state index in [9.17, 15) is 23.9 Å². The summed E-state index contributed by atoms with van der Waals surface area (Å²) < 4.78 is 18.7. The average molecular weight is 484 g/mol. The van der Waals surface area contributed by atoms with Crippen molar-refractivity contribution >= 4 is 46.8 Å². The molecule has 8 nitrogen and oxygen atoms in total. The third-order valence-electron chi connectivity index (χ3n) is 4.85. The largest absolute Gasteiger partial charge is 0.484 e. The van der Waals surface area contributed by atoms with Gasteiger partial charge in [-0.05, 0) is 43.2 Å². The number of hydrogen-bond donors (Lipinski definition) is 3. The third-order valence-corrected chi connectivity index (χ3v) is 5.39. The number of carboxylic acid groups (broad SMARTS) is 1. The standard InChI is InChI=1S/C21H20Cl2FN3O5/c22-12-2-1-3-13(8-12)26-20(29)18-7-4-14(10-27(18)21(30)31)25-19(28)11-32-15-5-6-16(23)17(24)9-15/h1-3,5-6,8-9,14,18H,4,7,10-11H2,(H,25,28)(H,26,29)(H,30,31)/t14-,18+/m0/s1. The van der Waals surface area contributed by atoms with Crippen molar-refractivity contribution in [3.8, 4) is 5.75 Å². The number of piperidine rings is 1. The molecule has 2 atom stereocenters. The van der Waals surface area contributed by atoms with Crippen LogP contribution >= 0.6 is 23.2 Å². The minimum Gasteiger partial charge on any atom is -0.484 e. The van der Waals surface area contributed by atoms with E-state index in [-0.39, 0.29) is 30.3 Å². The predicted molar refractivity (Wildman–Crippen MR) is 117 cm³/mol. The van der Waals surface area contributed by atoms with Gasteiger partial charge in [0.15, 0.2) is 6.61 Å². The van der Waals surface area contributed by atoms with Gasteiger partial charge in [-0.1, -0.05) is 29.3 Å². The van der Waals surface area contributed by atoms with Gasteiger partial charge in [0.2, 0.25) is 5.91 Å². The molecule has 0 aliphatic carbocycles. The number of likely N-dealkylation sites (tertiary alicyclic amines) is 1. The molecule has 1 fully saturated rings. The van der Waals surface area contributed by atoms with Gasteiger partial charge in [0.05, 0.1) is 5.02 Å². The lowest BCUT2D eigenvalue weighted by Gasteiger charge is -2.37. The normalized spacial score (nSPS) is 18.0. The molecule has 3 N–H and O–H groups in total. The van der Waals surface area contributed by atoms with Gasteiger partial charge in [-0.25, -0.2) is 9.18 Å². The number of halogens is 3. The smallest absolute Gasteiger partial charge is 0.408 e. The lowest BCUT2D eigenvalue weighted by Crippen LogP contribution is -2.57. The van der Waals surface area contributed by atoms with E-state index in [1.807, 2.05) is 0 Å². The van der Waals surface area contributed by atoms with Crippen LogP contribution in [0.15, 0.2) is 42.5 Å². The third kappa shape index (κ3) is 6.24. The molecule has 0 radical (unpaired) electrons. The monoisotopic (exact) mass is 483 g/mol. The molecule has 32 heavy (non-hydrogen) atoms. The van der Waals surface area contributed by atoms with E-state index < -0.39 is 35.8 Å². The van der Waals surface area contributed by atoms with E-state index in [4.69, 9.17) is 27.9 Å². The van der Waals surface area contributed by atoms with Gasteiger partial charge in [-0.15, -0.1) is 0 Å². The van der Waals surface area contributed by atoms with E-state index in [0.29, 0.717) is 17.1 Å². The van der Waals surface area contributed by atoms with Crippen molar-refractivity contribution in [2.75, 3.05) is 18.5 Å². The van der Waals surface area contributed by atoms with E-state index in [0.717, 1.165) is 11.0 Å². The molecule has 11 heteroatoms. The number of nitrogens with zero attached hydrogens (tertiary/aromatic N) is 1. The topological polar surface area (TPSA) is 108 Å². The number of amides is 3. The quantitative estimate of drug-likeness (QED) is 0.579. The summed E-state index contributed by atoms with van der Waals surface area (Å²) in [4.78, 5) is 37.5. The molecule has 1 aliphatic heterocycles. The molecule has 170 valence electrons. The van der Waals surface area contributed by atoms with E-state index in [1.54, 1.807) is 24.3 Å². The molecular weight excluding hydrogens is 464 g/mol. The SMILES string of the molecule is O=C(COc1ccc(Cl)c(F)c1)N[C@H]1CC[C@H](C(=O)Nc2cccc(Cl)c2)N(C(=O)O)C1. The Morgan fingerprint density at radius 1 is 1.16 bits per heavy atom. The summed E-state index contributed by atoms with van der Waals surface area (Å²) >= 11 is 11.5. The molecule has 0 bridgehead atoms. The Bertz CT molecular complexity index is 1020. The van der Waals surface area contributed by atoms with Gasteiger partial charge in [-0.3, -0.25) is 14.5 Å². The summed E-state index contributed by atoms with van der Waals surface area (Å²) in [6.07, 6.45) is -0.672. The molecule has 3 rings (SSSR count). The molecule has 1 saturated heterocycles. The molecule has 0 unspecified atom stereocenters. The number of carbonyl (C=O) groups is 3. The van der Waals surface area contributed by atoms with Crippen molar-refractivity contribution in [2.24, 2.45) is 0 Å². The van der Waals surface area contributed by atoms with Crippen LogP contribution in [0.2, 0.25) is 10.0 Å². The van der Waals surface area contributed by atoms with Gasteiger partial charge in [0, 0.05) is 29.4 Å². The second kappa shape index (κ2) is 10.5. The van der Waals surface area contributed by atoms with Gasteiger partial charge in [0.1, 0.15) is 17.6 Å². The van der Waals surface area contributed by atoms with Gasteiger partial charge >= 0.3 is 6.09 Å². The van der Waals surface area contributed by atoms with Crippen LogP contribution in [0.3, 0.4) is 0 Å². The van der Waals surface area contributed by atoms with E-state index in [1.165, 1.54) is 12.1 Å². The molecule has 1 heterocycles. The highest BCUT2D eigenvalue weighted by molar-refractivity contribution is 6.31. The highest BCUT2D eigenvalue weighted by atomic mass is 35.5. The van der Waals surface area contributed by atoms with Gasteiger partial charge in [-0.2, -0.15) is 0 Å². The summed E-state index contributed by atoms with van der Waals surface area (Å²) in [5.74, 6) is -1.52. The Kier molecular flexibility index (Phi) is 7.76. The van der Waals surface area contributed by atoms with Crippen LogP contribution < -0.4 is 15.4 Å². The second-order valence-corrected chi connectivity index (χ2v) is 8.00. The minimum atomic E-state index is -1.27. The van der Waals surface area contributed by atoms with Crippen molar-refractivity contribution in [1.82, 2.24) is 10.2 Å². The maximum atomic E-state index is 13.4. The zero-order valence-electron chi connectivity index (χ0n) is 16.7. The van der Waals surface area contributed by atoms with E-state index in [2.05, 4.69) is 10.6 Å². The molecule has 0 aromatic heterocycles. The molecule has 0 saturated carbocycles. The summed E-state index contributed by atoms with van der Waals surface area (Å²) in [6, 6.07) is 8.91. The first kappa shape index (κ1) is 23.6. The first-order valence-corrected chi connectivity index (χ1v) is 10.4. The molecule has 0 spiro atoms. The zero-order valence-corrected chi connectivity index (χ0v) is 18.2. The minimum absolute atomic E-state index is 0.0632. The maximum absolute atomic E-state index is 13.4. The van der Waals surface area contributed by atoms with Crippen molar-refractivity contribution in [2.45, 2.75) is 24.9 Å². The second-order valence-electron chi connectivity index (χ2n) is 7.16. The number of anilines is 1. The summed E-state index contributed by atoms with van der Waals surface area (Å²) in [7, 11) is 0. The number of hydrogen-bond acceptors (Lipinski definition) is 4. The fourth-order valence-electron chi connectivity index (χ4n) is 3.35. The molecule has 2 aromatic carbocycles. The maximum Gasteiger partial charge on any atom is 0.408 e. The molecular formula is C21H20Cl2FN3O5. The summed E-state index contributed by atoms with van der Waals surface area (Å²) in [5.41, 5.74) is 0.457. The number of carbonyl (C=O) groups excluding carboxylic acids is 2. The fraction of sp³-hybridized carbons (Fsp3) is 0.286. The highest BCUT2D eigenvalue weighted by Gasteiger charge is 2.36. The van der Waals surface area contributed by atoms with Crippen molar-refractivity contribution < 1.29 is 28.6 Å². The van der Waals surface area contributed by atoms with Gasteiger partial charge in [0.25, 0.3) is 5.91 Å². The van der Waals surface area contributed by atoms with Gasteiger partial charge < -0.3 is 20.5 Å². The van der Waals surface area contributed by atoms with Crippen LogP contribution in [0.25, 0.3) is 0 Å². The number of benzene rings is 2.